The van der Waals surface area contributed by atoms with Gasteiger partial charge in [-0.05, 0) is 44.4 Å². The molecule has 0 amide bonds. The van der Waals surface area contributed by atoms with Crippen LogP contribution >= 0.6 is 0 Å². The molecule has 0 saturated heterocycles. The van der Waals surface area contributed by atoms with Crippen LogP contribution in [0.2, 0.25) is 0 Å². The van der Waals surface area contributed by atoms with Crippen molar-refractivity contribution in [3.8, 4) is 0 Å². The van der Waals surface area contributed by atoms with Crippen LogP contribution in [-0.4, -0.2) is 45.5 Å². The predicted molar refractivity (Wildman–Crippen MR) is 141 cm³/mol. The highest BCUT2D eigenvalue weighted by atomic mass is 32.2. The number of hydrogen-bond acceptors (Lipinski definition) is 5. The summed E-state index contributed by atoms with van der Waals surface area (Å²) in [5.41, 5.74) is 2.05. The Bertz CT molecular complexity index is 792. The number of sulfonamides is 1. The number of hydrogen-bond donors (Lipinski definition) is 3. The summed E-state index contributed by atoms with van der Waals surface area (Å²) in [5, 5.41) is 14.1. The molecular formula is C26H47N3O3S. The lowest BCUT2D eigenvalue weighted by Gasteiger charge is -2.25. The Balaban J connectivity index is 2.00. The Morgan fingerprint density at radius 3 is 2.39 bits per heavy atom. The molecule has 0 bridgehead atoms. The molecule has 1 aliphatic carbocycles. The van der Waals surface area contributed by atoms with E-state index in [9.17, 15) is 13.5 Å². The maximum Gasteiger partial charge on any atom is 0.235 e. The number of aliphatic hydroxyl groups excluding tert-OH is 1. The molecule has 3 N–H and O–H groups in total. The van der Waals surface area contributed by atoms with Crippen molar-refractivity contribution < 1.29 is 13.5 Å². The molecule has 7 heteroatoms. The number of benzene rings is 1. The molecule has 0 heterocycles. The van der Waals surface area contributed by atoms with Crippen LogP contribution in [0.5, 0.6) is 0 Å². The Labute approximate surface area is 202 Å². The lowest BCUT2D eigenvalue weighted by atomic mass is 10.0. The van der Waals surface area contributed by atoms with Gasteiger partial charge in [0.15, 0.2) is 0 Å². The van der Waals surface area contributed by atoms with Crippen LogP contribution < -0.4 is 14.9 Å². The minimum Gasteiger partial charge on any atom is -0.387 e. The van der Waals surface area contributed by atoms with E-state index < -0.39 is 16.1 Å². The van der Waals surface area contributed by atoms with Gasteiger partial charge < -0.3 is 15.3 Å². The molecular weight excluding hydrogens is 434 g/mol. The number of nitrogens with one attached hydrogen (secondary N) is 2. The van der Waals surface area contributed by atoms with Gasteiger partial charge in [0.2, 0.25) is 10.0 Å². The lowest BCUT2D eigenvalue weighted by Crippen LogP contribution is -2.32. The van der Waals surface area contributed by atoms with Gasteiger partial charge in [-0.3, -0.25) is 4.72 Å². The van der Waals surface area contributed by atoms with Gasteiger partial charge in [-0.15, -0.1) is 0 Å². The topological polar surface area (TPSA) is 81.7 Å². The minimum absolute atomic E-state index is 0.310. The average molecular weight is 482 g/mol. The Morgan fingerprint density at radius 2 is 1.73 bits per heavy atom. The number of nitrogens with zero attached hydrogens (tertiary/aromatic N) is 1. The van der Waals surface area contributed by atoms with Gasteiger partial charge in [0, 0.05) is 37.9 Å². The summed E-state index contributed by atoms with van der Waals surface area (Å²) in [6.45, 7) is 4.78. The molecule has 2 rings (SSSR count). The second kappa shape index (κ2) is 14.2. The van der Waals surface area contributed by atoms with Crippen molar-refractivity contribution in [2.24, 2.45) is 0 Å². The SMILES string of the molecule is CCCCCCCCC(C)NCC(O)c1cc(N(C)C)ccc1NS(=O)(=O)C1CCCCC1. The highest BCUT2D eigenvalue weighted by Crippen LogP contribution is 2.31. The fraction of sp³-hybridized carbons (Fsp3) is 0.769. The number of unbranched alkanes of at least 4 members (excludes halogenated alkanes) is 5. The number of anilines is 2. The summed E-state index contributed by atoms with van der Waals surface area (Å²) in [7, 11) is 0.412. The molecule has 33 heavy (non-hydrogen) atoms. The molecule has 1 aromatic carbocycles. The van der Waals surface area contributed by atoms with Crippen LogP contribution in [0.25, 0.3) is 0 Å². The highest BCUT2D eigenvalue weighted by Gasteiger charge is 2.28. The van der Waals surface area contributed by atoms with Gasteiger partial charge in [0.1, 0.15) is 0 Å². The van der Waals surface area contributed by atoms with Gasteiger partial charge in [-0.1, -0.05) is 64.7 Å². The molecule has 1 aliphatic rings. The first kappa shape index (κ1) is 27.9. The van der Waals surface area contributed by atoms with Crippen LogP contribution in [-0.2, 0) is 10.0 Å². The Hall–Kier alpha value is -1.31. The summed E-state index contributed by atoms with van der Waals surface area (Å²) >= 11 is 0. The maximum atomic E-state index is 13.0. The van der Waals surface area contributed by atoms with Gasteiger partial charge >= 0.3 is 0 Å². The van der Waals surface area contributed by atoms with E-state index in [-0.39, 0.29) is 5.25 Å². The van der Waals surface area contributed by atoms with Crippen molar-refractivity contribution in [2.75, 3.05) is 30.3 Å². The lowest BCUT2D eigenvalue weighted by molar-refractivity contribution is 0.170. The predicted octanol–water partition coefficient (Wildman–Crippen LogP) is 5.59. The van der Waals surface area contributed by atoms with Crippen LogP contribution in [0, 0.1) is 0 Å². The summed E-state index contributed by atoms with van der Waals surface area (Å²) in [6.07, 6.45) is 12.4. The zero-order valence-electron chi connectivity index (χ0n) is 21.3. The normalized spacial score (nSPS) is 17.0. The molecule has 0 spiro atoms. The van der Waals surface area contributed by atoms with Crippen LogP contribution in [0.4, 0.5) is 11.4 Å². The van der Waals surface area contributed by atoms with Crippen molar-refractivity contribution in [2.45, 2.75) is 108 Å². The van der Waals surface area contributed by atoms with Crippen LogP contribution in [0.3, 0.4) is 0 Å². The van der Waals surface area contributed by atoms with E-state index in [2.05, 4.69) is 23.9 Å². The summed E-state index contributed by atoms with van der Waals surface area (Å²) in [4.78, 5) is 1.96. The second-order valence-corrected chi connectivity index (χ2v) is 11.9. The van der Waals surface area contributed by atoms with Crippen molar-refractivity contribution in [1.82, 2.24) is 5.32 Å². The molecule has 6 nitrogen and oxygen atoms in total. The second-order valence-electron chi connectivity index (χ2n) is 9.95. The quantitative estimate of drug-likeness (QED) is 0.285. The molecule has 0 aromatic heterocycles. The smallest absolute Gasteiger partial charge is 0.235 e. The highest BCUT2D eigenvalue weighted by molar-refractivity contribution is 7.93. The molecule has 0 aliphatic heterocycles. The van der Waals surface area contributed by atoms with Crippen molar-refractivity contribution >= 4 is 21.4 Å². The monoisotopic (exact) mass is 481 g/mol. The van der Waals surface area contributed by atoms with E-state index in [0.717, 1.165) is 31.4 Å². The molecule has 2 atom stereocenters. The molecule has 1 saturated carbocycles. The van der Waals surface area contributed by atoms with E-state index in [1.165, 1.54) is 38.5 Å². The third-order valence-corrected chi connectivity index (χ3v) is 8.66. The Kier molecular flexibility index (Phi) is 12.0. The maximum absolute atomic E-state index is 13.0. The van der Waals surface area contributed by atoms with E-state index in [4.69, 9.17) is 0 Å². The summed E-state index contributed by atoms with van der Waals surface area (Å²) < 4.78 is 28.8. The average Bonchev–Trinajstić information content (AvgIpc) is 2.80. The van der Waals surface area contributed by atoms with Crippen LogP contribution in [0.15, 0.2) is 18.2 Å². The summed E-state index contributed by atoms with van der Waals surface area (Å²) in [5.74, 6) is 0. The molecule has 0 radical (unpaired) electrons. The summed E-state index contributed by atoms with van der Waals surface area (Å²) in [6, 6.07) is 5.88. The van der Waals surface area contributed by atoms with Crippen LogP contribution in [0.1, 0.15) is 103 Å². The van der Waals surface area contributed by atoms with Gasteiger partial charge in [0.05, 0.1) is 17.0 Å². The minimum atomic E-state index is -3.47. The first-order valence-corrected chi connectivity index (χ1v) is 14.5. The number of aliphatic hydroxyl groups is 1. The molecule has 190 valence electrons. The van der Waals surface area contributed by atoms with Crippen molar-refractivity contribution in [3.05, 3.63) is 23.8 Å². The molecule has 1 fully saturated rings. The fourth-order valence-corrected chi connectivity index (χ4v) is 6.18. The van der Waals surface area contributed by atoms with E-state index in [0.29, 0.717) is 36.7 Å². The van der Waals surface area contributed by atoms with Crippen molar-refractivity contribution in [1.29, 1.82) is 0 Å². The van der Waals surface area contributed by atoms with E-state index in [1.807, 2.05) is 31.1 Å². The molecule has 2 unspecified atom stereocenters. The van der Waals surface area contributed by atoms with E-state index in [1.54, 1.807) is 6.07 Å². The zero-order chi connectivity index (χ0) is 24.3. The van der Waals surface area contributed by atoms with E-state index >= 15 is 0 Å². The third kappa shape index (κ3) is 9.45. The molecule has 1 aromatic rings. The third-order valence-electron chi connectivity index (χ3n) is 6.80. The number of rotatable bonds is 15. The first-order valence-electron chi connectivity index (χ1n) is 13.0. The standard InChI is InChI=1S/C26H47N3O3S/c1-5-6-7-8-9-11-14-21(2)27-20-26(30)24-19-22(29(3)4)17-18-25(24)28-33(31,32)23-15-12-10-13-16-23/h17-19,21,23,26-28,30H,5-16,20H2,1-4H3. The van der Waals surface area contributed by atoms with Gasteiger partial charge in [-0.25, -0.2) is 8.42 Å². The first-order chi connectivity index (χ1) is 15.7. The van der Waals surface area contributed by atoms with Gasteiger partial charge in [0.25, 0.3) is 0 Å². The van der Waals surface area contributed by atoms with Crippen molar-refractivity contribution in [3.63, 3.8) is 0 Å². The Morgan fingerprint density at radius 1 is 1.06 bits per heavy atom. The fourth-order valence-electron chi connectivity index (χ4n) is 4.56. The zero-order valence-corrected chi connectivity index (χ0v) is 22.1. The van der Waals surface area contributed by atoms with Gasteiger partial charge in [-0.2, -0.15) is 0 Å². The largest absolute Gasteiger partial charge is 0.387 e.